The molecule has 0 unspecified atom stereocenters. The van der Waals surface area contributed by atoms with Gasteiger partial charge in [0.1, 0.15) is 16.8 Å². The third kappa shape index (κ3) is 3.24. The van der Waals surface area contributed by atoms with E-state index in [1.54, 1.807) is 13.1 Å². The molecule has 4 aromatic rings. The molecule has 2 heterocycles. The molecule has 142 valence electrons. The standard InChI is InChI=1S/C20H13F3N2O3/c1-25-15(12-7-9-14(10-8-12)27-20(21,22)23)11-16-17(19(25)26)18(24-28-16)13-5-3-2-4-6-13/h2-11H,1H3. The molecule has 0 fully saturated rings. The highest BCUT2D eigenvalue weighted by Crippen LogP contribution is 2.30. The molecule has 4 rings (SSSR count). The topological polar surface area (TPSA) is 57.3 Å². The first-order valence-electron chi connectivity index (χ1n) is 8.24. The van der Waals surface area contributed by atoms with Crippen molar-refractivity contribution < 1.29 is 22.4 Å². The van der Waals surface area contributed by atoms with Crippen molar-refractivity contribution in [3.63, 3.8) is 0 Å². The Morgan fingerprint density at radius 3 is 2.32 bits per heavy atom. The number of rotatable bonds is 3. The van der Waals surface area contributed by atoms with Crippen molar-refractivity contribution in [2.75, 3.05) is 0 Å². The maximum Gasteiger partial charge on any atom is 0.573 e. The molecule has 0 aliphatic carbocycles. The number of halogens is 3. The van der Waals surface area contributed by atoms with E-state index in [4.69, 9.17) is 4.52 Å². The summed E-state index contributed by atoms with van der Waals surface area (Å²) in [5.74, 6) is -0.339. The molecule has 28 heavy (non-hydrogen) atoms. The molecular weight excluding hydrogens is 373 g/mol. The Labute approximate surface area is 156 Å². The van der Waals surface area contributed by atoms with Gasteiger partial charge in [-0.1, -0.05) is 35.5 Å². The van der Waals surface area contributed by atoms with Crippen LogP contribution in [0.4, 0.5) is 13.2 Å². The lowest BCUT2D eigenvalue weighted by Crippen LogP contribution is -2.18. The summed E-state index contributed by atoms with van der Waals surface area (Å²) in [4.78, 5) is 12.9. The smallest absolute Gasteiger partial charge is 0.406 e. The van der Waals surface area contributed by atoms with E-state index in [0.717, 1.165) is 5.56 Å². The number of fused-ring (bicyclic) bond motifs is 1. The van der Waals surface area contributed by atoms with Crippen molar-refractivity contribution in [3.05, 3.63) is 71.0 Å². The number of alkyl halides is 3. The Balaban J connectivity index is 1.80. The summed E-state index contributed by atoms with van der Waals surface area (Å²) >= 11 is 0. The number of benzene rings is 2. The van der Waals surface area contributed by atoms with Gasteiger partial charge in [-0.05, 0) is 29.8 Å². The quantitative estimate of drug-likeness (QED) is 0.509. The molecule has 5 nitrogen and oxygen atoms in total. The SMILES string of the molecule is Cn1c(-c2ccc(OC(F)(F)F)cc2)cc2onc(-c3ccccc3)c2c1=O. The van der Waals surface area contributed by atoms with Gasteiger partial charge in [0, 0.05) is 18.7 Å². The lowest BCUT2D eigenvalue weighted by Gasteiger charge is -2.11. The van der Waals surface area contributed by atoms with E-state index in [2.05, 4.69) is 9.89 Å². The molecule has 0 spiro atoms. The third-order valence-corrected chi connectivity index (χ3v) is 4.30. The van der Waals surface area contributed by atoms with Crippen LogP contribution in [-0.4, -0.2) is 16.1 Å². The van der Waals surface area contributed by atoms with Crippen LogP contribution >= 0.6 is 0 Å². The maximum atomic E-state index is 12.9. The van der Waals surface area contributed by atoms with Gasteiger partial charge < -0.3 is 13.8 Å². The number of hydrogen-bond donors (Lipinski definition) is 0. The van der Waals surface area contributed by atoms with Gasteiger partial charge in [0.2, 0.25) is 0 Å². The highest BCUT2D eigenvalue weighted by atomic mass is 19.4. The van der Waals surface area contributed by atoms with E-state index in [1.165, 1.54) is 28.8 Å². The normalized spacial score (nSPS) is 11.7. The Morgan fingerprint density at radius 2 is 1.68 bits per heavy atom. The van der Waals surface area contributed by atoms with Crippen LogP contribution in [0.3, 0.4) is 0 Å². The minimum atomic E-state index is -4.76. The Kier molecular flexibility index (Phi) is 4.18. The number of aromatic nitrogens is 2. The molecular formula is C20H13F3N2O3. The Hall–Kier alpha value is -3.55. The molecule has 0 amide bonds. The number of nitrogens with zero attached hydrogens (tertiary/aromatic N) is 2. The molecule has 2 aromatic heterocycles. The molecule has 0 saturated carbocycles. The second kappa shape index (κ2) is 6.56. The molecule has 2 aromatic carbocycles. The fourth-order valence-corrected chi connectivity index (χ4v) is 3.00. The lowest BCUT2D eigenvalue weighted by atomic mass is 10.1. The zero-order chi connectivity index (χ0) is 19.9. The van der Waals surface area contributed by atoms with Crippen molar-refractivity contribution in [2.24, 2.45) is 7.05 Å². The van der Waals surface area contributed by atoms with Crippen LogP contribution < -0.4 is 10.3 Å². The average molecular weight is 386 g/mol. The molecule has 0 aliphatic heterocycles. The maximum absolute atomic E-state index is 12.9. The summed E-state index contributed by atoms with van der Waals surface area (Å²) in [7, 11) is 1.58. The van der Waals surface area contributed by atoms with Crippen LogP contribution in [0.1, 0.15) is 0 Å². The summed E-state index contributed by atoms with van der Waals surface area (Å²) in [6.07, 6.45) is -4.76. The fourth-order valence-electron chi connectivity index (χ4n) is 3.00. The van der Waals surface area contributed by atoms with Gasteiger partial charge in [-0.15, -0.1) is 13.2 Å². The summed E-state index contributed by atoms with van der Waals surface area (Å²) in [5.41, 5.74) is 2.19. The van der Waals surface area contributed by atoms with Gasteiger partial charge in [-0.25, -0.2) is 0 Å². The minimum absolute atomic E-state index is 0.299. The zero-order valence-corrected chi connectivity index (χ0v) is 14.5. The number of pyridine rings is 1. The number of ether oxygens (including phenoxy) is 1. The number of hydrogen-bond acceptors (Lipinski definition) is 4. The summed E-state index contributed by atoms with van der Waals surface area (Å²) in [6, 6.07) is 16.1. The molecule has 0 saturated heterocycles. The summed E-state index contributed by atoms with van der Waals surface area (Å²) < 4.78 is 47.6. The molecule has 0 atom stereocenters. The molecule has 0 N–H and O–H groups in total. The van der Waals surface area contributed by atoms with Crippen molar-refractivity contribution >= 4 is 11.0 Å². The van der Waals surface area contributed by atoms with Crippen molar-refractivity contribution in [3.8, 4) is 28.3 Å². The highest BCUT2D eigenvalue weighted by molar-refractivity contribution is 5.92. The Bertz CT molecular complexity index is 1190. The predicted octanol–water partition coefficient (Wildman–Crippen LogP) is 4.76. The average Bonchev–Trinajstić information content (AvgIpc) is 3.09. The van der Waals surface area contributed by atoms with Crippen LogP contribution in [0.25, 0.3) is 33.5 Å². The second-order valence-electron chi connectivity index (χ2n) is 6.10. The first-order chi connectivity index (χ1) is 13.3. The van der Waals surface area contributed by atoms with Gasteiger partial charge >= 0.3 is 6.36 Å². The summed E-state index contributed by atoms with van der Waals surface area (Å²) in [6.45, 7) is 0. The van der Waals surface area contributed by atoms with Gasteiger partial charge in [0.05, 0.1) is 5.69 Å². The van der Waals surface area contributed by atoms with Gasteiger partial charge in [0.25, 0.3) is 5.56 Å². The van der Waals surface area contributed by atoms with Crippen LogP contribution in [0.15, 0.2) is 70.0 Å². The van der Waals surface area contributed by atoms with E-state index in [-0.39, 0.29) is 11.3 Å². The van der Waals surface area contributed by atoms with E-state index < -0.39 is 6.36 Å². The monoisotopic (exact) mass is 386 g/mol. The molecule has 8 heteroatoms. The van der Waals surface area contributed by atoms with Crippen molar-refractivity contribution in [1.82, 2.24) is 9.72 Å². The molecule has 0 radical (unpaired) electrons. The van der Waals surface area contributed by atoms with Crippen LogP contribution in [0.2, 0.25) is 0 Å². The minimum Gasteiger partial charge on any atom is -0.406 e. The van der Waals surface area contributed by atoms with Gasteiger partial charge in [0.15, 0.2) is 5.58 Å². The molecule has 0 bridgehead atoms. The summed E-state index contributed by atoms with van der Waals surface area (Å²) in [5, 5.41) is 4.37. The van der Waals surface area contributed by atoms with Crippen LogP contribution in [0.5, 0.6) is 5.75 Å². The van der Waals surface area contributed by atoms with Crippen molar-refractivity contribution in [2.45, 2.75) is 6.36 Å². The highest BCUT2D eigenvalue weighted by Gasteiger charge is 2.31. The Morgan fingerprint density at radius 1 is 1.00 bits per heavy atom. The van der Waals surface area contributed by atoms with Crippen LogP contribution in [0, 0.1) is 0 Å². The predicted molar refractivity (Wildman–Crippen MR) is 96.8 cm³/mol. The van der Waals surface area contributed by atoms with Gasteiger partial charge in [-0.2, -0.15) is 0 Å². The van der Waals surface area contributed by atoms with E-state index in [1.807, 2.05) is 30.3 Å². The van der Waals surface area contributed by atoms with E-state index in [9.17, 15) is 18.0 Å². The van der Waals surface area contributed by atoms with Crippen LogP contribution in [-0.2, 0) is 7.05 Å². The third-order valence-electron chi connectivity index (χ3n) is 4.30. The largest absolute Gasteiger partial charge is 0.573 e. The second-order valence-corrected chi connectivity index (χ2v) is 6.10. The molecule has 0 aliphatic rings. The van der Waals surface area contributed by atoms with Crippen molar-refractivity contribution in [1.29, 1.82) is 0 Å². The van der Waals surface area contributed by atoms with E-state index in [0.29, 0.717) is 27.9 Å². The van der Waals surface area contributed by atoms with Gasteiger partial charge in [-0.3, -0.25) is 4.79 Å². The fraction of sp³-hybridized carbons (Fsp3) is 0.100. The van der Waals surface area contributed by atoms with E-state index >= 15 is 0 Å². The lowest BCUT2D eigenvalue weighted by molar-refractivity contribution is -0.274. The first kappa shape index (κ1) is 17.8. The first-order valence-corrected chi connectivity index (χ1v) is 8.24. The zero-order valence-electron chi connectivity index (χ0n) is 14.5.